The summed E-state index contributed by atoms with van der Waals surface area (Å²) >= 11 is 0. The van der Waals surface area contributed by atoms with E-state index in [0.29, 0.717) is 0 Å². The van der Waals surface area contributed by atoms with Gasteiger partial charge in [0.1, 0.15) is 0 Å². The van der Waals surface area contributed by atoms with Crippen LogP contribution in [0.1, 0.15) is 21.6 Å². The Morgan fingerprint density at radius 3 is 2.45 bits per heavy atom. The predicted octanol–water partition coefficient (Wildman–Crippen LogP) is 4.86. The van der Waals surface area contributed by atoms with Crippen LogP contribution >= 0.6 is 0 Å². The molecule has 1 N–H and O–H groups in total. The van der Waals surface area contributed by atoms with Gasteiger partial charge in [0.25, 0.3) is 0 Å². The van der Waals surface area contributed by atoms with Gasteiger partial charge in [0.2, 0.25) is 0 Å². The van der Waals surface area contributed by atoms with Crippen LogP contribution in [0.5, 0.6) is 0 Å². The molecule has 0 atom stereocenters. The molecular formula is C20H15NO. The Morgan fingerprint density at radius 1 is 0.864 bits per heavy atom. The quantitative estimate of drug-likeness (QED) is 0.524. The van der Waals surface area contributed by atoms with Gasteiger partial charge in [-0.05, 0) is 29.8 Å². The zero-order valence-corrected chi connectivity index (χ0v) is 12.3. The van der Waals surface area contributed by atoms with Gasteiger partial charge in [0.15, 0.2) is 5.78 Å². The van der Waals surface area contributed by atoms with Gasteiger partial charge in [0, 0.05) is 22.2 Å². The highest BCUT2D eigenvalue weighted by atomic mass is 16.1. The number of hydrogen-bond donors (Lipinski definition) is 1. The third-order valence-corrected chi connectivity index (χ3v) is 4.13. The van der Waals surface area contributed by atoms with Crippen LogP contribution in [-0.4, -0.2) is 10.8 Å². The molecule has 3 aromatic carbocycles. The second-order valence-corrected chi connectivity index (χ2v) is 5.56. The number of carbonyl (C=O) groups is 1. The lowest BCUT2D eigenvalue weighted by Gasteiger charge is -2.04. The standard InChI is InChI=1S/C20H15NO/c1-13-19(17-8-4-5-9-18(17)21-13)20(22)16-11-10-14-6-2-3-7-15(14)12-16/h2-12,21H,1H3. The predicted molar refractivity (Wildman–Crippen MR) is 90.4 cm³/mol. The van der Waals surface area contributed by atoms with Gasteiger partial charge in [-0.2, -0.15) is 0 Å². The van der Waals surface area contributed by atoms with Crippen LogP contribution in [0.25, 0.3) is 21.7 Å². The maximum Gasteiger partial charge on any atom is 0.195 e. The third-order valence-electron chi connectivity index (χ3n) is 4.13. The molecule has 0 radical (unpaired) electrons. The molecule has 0 bridgehead atoms. The molecule has 0 unspecified atom stereocenters. The third kappa shape index (κ3) is 1.92. The summed E-state index contributed by atoms with van der Waals surface area (Å²) in [4.78, 5) is 16.3. The number of carbonyl (C=O) groups excluding carboxylic acids is 1. The highest BCUT2D eigenvalue weighted by Gasteiger charge is 2.17. The van der Waals surface area contributed by atoms with Gasteiger partial charge in [-0.15, -0.1) is 0 Å². The number of aromatic amines is 1. The van der Waals surface area contributed by atoms with Crippen LogP contribution < -0.4 is 0 Å². The largest absolute Gasteiger partial charge is 0.358 e. The zero-order valence-electron chi connectivity index (χ0n) is 12.3. The number of fused-ring (bicyclic) bond motifs is 2. The van der Waals surface area contributed by atoms with Crippen molar-refractivity contribution < 1.29 is 4.79 Å². The molecular weight excluding hydrogens is 270 g/mol. The van der Waals surface area contributed by atoms with Crippen molar-refractivity contribution in [3.05, 3.63) is 83.6 Å². The molecule has 1 heterocycles. The summed E-state index contributed by atoms with van der Waals surface area (Å²) in [5.41, 5.74) is 3.42. The van der Waals surface area contributed by atoms with E-state index in [1.54, 1.807) is 0 Å². The molecule has 106 valence electrons. The molecule has 2 heteroatoms. The van der Waals surface area contributed by atoms with Crippen LogP contribution in [0.2, 0.25) is 0 Å². The molecule has 4 aromatic rings. The first-order valence-electron chi connectivity index (χ1n) is 7.35. The van der Waals surface area contributed by atoms with Crippen molar-refractivity contribution in [1.29, 1.82) is 0 Å². The van der Waals surface area contributed by atoms with E-state index >= 15 is 0 Å². The van der Waals surface area contributed by atoms with Crippen molar-refractivity contribution in [2.45, 2.75) is 6.92 Å². The molecule has 1 aromatic heterocycles. The minimum atomic E-state index is 0.0701. The van der Waals surface area contributed by atoms with Gasteiger partial charge in [-0.1, -0.05) is 54.6 Å². The number of para-hydroxylation sites is 1. The Bertz CT molecular complexity index is 1010. The number of nitrogens with one attached hydrogen (secondary N) is 1. The highest BCUT2D eigenvalue weighted by Crippen LogP contribution is 2.26. The lowest BCUT2D eigenvalue weighted by Crippen LogP contribution is -2.02. The Balaban J connectivity index is 1.90. The van der Waals surface area contributed by atoms with Crippen molar-refractivity contribution in [1.82, 2.24) is 4.98 Å². The number of ketones is 1. The van der Waals surface area contributed by atoms with Gasteiger partial charge >= 0.3 is 0 Å². The lowest BCUT2D eigenvalue weighted by molar-refractivity contribution is 0.104. The van der Waals surface area contributed by atoms with Gasteiger partial charge in [0.05, 0.1) is 5.56 Å². The number of H-pyrrole nitrogens is 1. The smallest absolute Gasteiger partial charge is 0.195 e. The fraction of sp³-hybridized carbons (Fsp3) is 0.0500. The molecule has 0 aliphatic rings. The van der Waals surface area contributed by atoms with E-state index in [1.807, 2.05) is 67.6 Å². The summed E-state index contributed by atoms with van der Waals surface area (Å²) in [7, 11) is 0. The summed E-state index contributed by atoms with van der Waals surface area (Å²) < 4.78 is 0. The Morgan fingerprint density at radius 2 is 1.59 bits per heavy atom. The number of benzene rings is 3. The minimum Gasteiger partial charge on any atom is -0.358 e. The fourth-order valence-electron chi connectivity index (χ4n) is 3.04. The van der Waals surface area contributed by atoms with E-state index in [0.717, 1.165) is 38.5 Å². The number of aromatic nitrogens is 1. The van der Waals surface area contributed by atoms with Gasteiger partial charge in [-0.25, -0.2) is 0 Å². The summed E-state index contributed by atoms with van der Waals surface area (Å²) in [5, 5.41) is 3.22. The fourth-order valence-corrected chi connectivity index (χ4v) is 3.04. The molecule has 0 fully saturated rings. The molecule has 0 spiro atoms. The monoisotopic (exact) mass is 285 g/mol. The first-order valence-corrected chi connectivity index (χ1v) is 7.35. The minimum absolute atomic E-state index is 0.0701. The van der Waals surface area contributed by atoms with Crippen LogP contribution in [0.3, 0.4) is 0 Å². The molecule has 0 aliphatic heterocycles. The first-order chi connectivity index (χ1) is 10.7. The molecule has 0 saturated heterocycles. The van der Waals surface area contributed by atoms with E-state index in [9.17, 15) is 4.79 Å². The van der Waals surface area contributed by atoms with E-state index in [-0.39, 0.29) is 5.78 Å². The number of hydrogen-bond acceptors (Lipinski definition) is 1. The summed E-state index contributed by atoms with van der Waals surface area (Å²) in [6, 6.07) is 21.9. The second kappa shape index (κ2) is 4.85. The van der Waals surface area contributed by atoms with Crippen molar-refractivity contribution in [3.8, 4) is 0 Å². The molecule has 4 rings (SSSR count). The van der Waals surface area contributed by atoms with Crippen molar-refractivity contribution in [2.24, 2.45) is 0 Å². The van der Waals surface area contributed by atoms with Crippen LogP contribution in [-0.2, 0) is 0 Å². The van der Waals surface area contributed by atoms with Crippen molar-refractivity contribution in [3.63, 3.8) is 0 Å². The van der Waals surface area contributed by atoms with Crippen LogP contribution in [0.15, 0.2) is 66.7 Å². The molecule has 0 aliphatic carbocycles. The maximum atomic E-state index is 13.0. The van der Waals surface area contributed by atoms with Gasteiger partial charge < -0.3 is 4.98 Å². The van der Waals surface area contributed by atoms with E-state index < -0.39 is 0 Å². The SMILES string of the molecule is Cc1[nH]c2ccccc2c1C(=O)c1ccc2ccccc2c1. The molecule has 0 saturated carbocycles. The molecule has 0 amide bonds. The maximum absolute atomic E-state index is 13.0. The van der Waals surface area contributed by atoms with Crippen LogP contribution in [0, 0.1) is 6.92 Å². The van der Waals surface area contributed by atoms with E-state index in [1.165, 1.54) is 0 Å². The topological polar surface area (TPSA) is 32.9 Å². The summed E-state index contributed by atoms with van der Waals surface area (Å²) in [6.07, 6.45) is 0. The lowest BCUT2D eigenvalue weighted by atomic mass is 9.98. The number of rotatable bonds is 2. The first kappa shape index (κ1) is 12.8. The molecule has 2 nitrogen and oxygen atoms in total. The normalized spacial score (nSPS) is 11.1. The van der Waals surface area contributed by atoms with Crippen LogP contribution in [0.4, 0.5) is 0 Å². The van der Waals surface area contributed by atoms with E-state index in [2.05, 4.69) is 11.1 Å². The average Bonchev–Trinajstić information content (AvgIpc) is 2.89. The van der Waals surface area contributed by atoms with Gasteiger partial charge in [-0.3, -0.25) is 4.79 Å². The highest BCUT2D eigenvalue weighted by molar-refractivity contribution is 6.18. The van der Waals surface area contributed by atoms with E-state index in [4.69, 9.17) is 0 Å². The summed E-state index contributed by atoms with van der Waals surface area (Å²) in [6.45, 7) is 1.95. The summed E-state index contributed by atoms with van der Waals surface area (Å²) in [5.74, 6) is 0.0701. The zero-order chi connectivity index (χ0) is 15.1. The number of aryl methyl sites for hydroxylation is 1. The average molecular weight is 285 g/mol. The molecule has 22 heavy (non-hydrogen) atoms. The Hall–Kier alpha value is -2.87. The van der Waals surface area contributed by atoms with Crippen molar-refractivity contribution >= 4 is 27.5 Å². The second-order valence-electron chi connectivity index (χ2n) is 5.56. The van der Waals surface area contributed by atoms with Crippen molar-refractivity contribution in [2.75, 3.05) is 0 Å². The Labute approximate surface area is 128 Å². The Kier molecular flexibility index (Phi) is 2.83.